The lowest BCUT2D eigenvalue weighted by Crippen LogP contribution is -2.32. The summed E-state index contributed by atoms with van der Waals surface area (Å²) < 4.78 is 0.882. The summed E-state index contributed by atoms with van der Waals surface area (Å²) in [7, 11) is 3.88. The molecular formula is C23H25BrN2O4. The third-order valence-corrected chi connectivity index (χ3v) is 6.05. The smallest absolute Gasteiger partial charge is 0.295 e. The minimum Gasteiger partial charge on any atom is -0.508 e. The van der Waals surface area contributed by atoms with Crippen molar-refractivity contribution in [3.63, 3.8) is 0 Å². The second kappa shape index (κ2) is 9.02. The average Bonchev–Trinajstić information content (AvgIpc) is 2.94. The topological polar surface area (TPSA) is 81.1 Å². The molecule has 0 bridgehead atoms. The van der Waals surface area contributed by atoms with Crippen LogP contribution in [0.15, 0.2) is 52.5 Å². The molecule has 1 unspecified atom stereocenters. The summed E-state index contributed by atoms with van der Waals surface area (Å²) in [5.41, 5.74) is 1.98. The van der Waals surface area contributed by atoms with E-state index in [2.05, 4.69) is 15.9 Å². The van der Waals surface area contributed by atoms with Gasteiger partial charge in [-0.2, -0.15) is 0 Å². The number of phenols is 1. The van der Waals surface area contributed by atoms with E-state index in [1.54, 1.807) is 30.3 Å². The van der Waals surface area contributed by atoms with Crippen LogP contribution in [0.3, 0.4) is 0 Å². The summed E-state index contributed by atoms with van der Waals surface area (Å²) in [6.45, 7) is 2.99. The summed E-state index contributed by atoms with van der Waals surface area (Å²) in [6.07, 6.45) is 0.673. The zero-order valence-corrected chi connectivity index (χ0v) is 18.8. The SMILES string of the molecule is Cc1cc(/C(O)=C2/C(=O)C(=O)N(CCCN(C)C)C2c2cccc(O)c2)ccc1Br. The molecule has 0 spiro atoms. The number of aliphatic hydroxyl groups is 1. The van der Waals surface area contributed by atoms with Crippen LogP contribution in [0.2, 0.25) is 0 Å². The quantitative estimate of drug-likeness (QED) is 0.379. The summed E-state index contributed by atoms with van der Waals surface area (Å²) in [6, 6.07) is 11.0. The van der Waals surface area contributed by atoms with Crippen LogP contribution in [0, 0.1) is 6.92 Å². The number of benzene rings is 2. The number of aryl methyl sites for hydroxylation is 1. The highest BCUT2D eigenvalue weighted by molar-refractivity contribution is 9.10. The first-order chi connectivity index (χ1) is 14.2. The van der Waals surface area contributed by atoms with E-state index in [4.69, 9.17) is 0 Å². The fourth-order valence-electron chi connectivity index (χ4n) is 3.66. The second-order valence-corrected chi connectivity index (χ2v) is 8.56. The Morgan fingerprint density at radius 3 is 2.53 bits per heavy atom. The average molecular weight is 473 g/mol. The molecule has 2 aromatic rings. The fraction of sp³-hybridized carbons (Fsp3) is 0.304. The van der Waals surface area contributed by atoms with Crippen molar-refractivity contribution in [1.29, 1.82) is 0 Å². The number of hydrogen-bond donors (Lipinski definition) is 2. The Labute approximate surface area is 184 Å². The van der Waals surface area contributed by atoms with E-state index >= 15 is 0 Å². The lowest BCUT2D eigenvalue weighted by atomic mass is 9.94. The Morgan fingerprint density at radius 1 is 1.17 bits per heavy atom. The third-order valence-electron chi connectivity index (χ3n) is 5.16. The molecule has 1 heterocycles. The number of amides is 1. The lowest BCUT2D eigenvalue weighted by Gasteiger charge is -2.26. The molecule has 0 saturated carbocycles. The van der Waals surface area contributed by atoms with Crippen LogP contribution < -0.4 is 0 Å². The van der Waals surface area contributed by atoms with Crippen molar-refractivity contribution in [3.8, 4) is 5.75 Å². The van der Waals surface area contributed by atoms with E-state index < -0.39 is 17.7 Å². The van der Waals surface area contributed by atoms with Crippen molar-refractivity contribution >= 4 is 33.4 Å². The number of carbonyl (C=O) groups is 2. The van der Waals surface area contributed by atoms with E-state index in [1.165, 1.54) is 17.0 Å². The molecule has 1 fully saturated rings. The predicted octanol–water partition coefficient (Wildman–Crippen LogP) is 3.84. The maximum absolute atomic E-state index is 13.0. The fourth-order valence-corrected chi connectivity index (χ4v) is 3.90. The van der Waals surface area contributed by atoms with Gasteiger partial charge >= 0.3 is 0 Å². The normalized spacial score (nSPS) is 18.4. The van der Waals surface area contributed by atoms with Crippen molar-refractivity contribution in [1.82, 2.24) is 9.80 Å². The van der Waals surface area contributed by atoms with Gasteiger partial charge in [0.1, 0.15) is 11.5 Å². The van der Waals surface area contributed by atoms with Crippen LogP contribution >= 0.6 is 15.9 Å². The highest BCUT2D eigenvalue weighted by atomic mass is 79.9. The molecule has 6 nitrogen and oxygen atoms in total. The lowest BCUT2D eigenvalue weighted by molar-refractivity contribution is -0.139. The molecule has 158 valence electrons. The molecular weight excluding hydrogens is 448 g/mol. The molecule has 2 aromatic carbocycles. The number of Topliss-reactive ketones (excluding diaryl/α,β-unsaturated/α-hetero) is 1. The van der Waals surface area contributed by atoms with Gasteiger partial charge in [-0.15, -0.1) is 0 Å². The van der Waals surface area contributed by atoms with Gasteiger partial charge in [0.05, 0.1) is 11.6 Å². The number of phenolic OH excluding ortho intramolecular Hbond substituents is 1. The second-order valence-electron chi connectivity index (χ2n) is 7.71. The number of likely N-dealkylation sites (tertiary alicyclic amines) is 1. The number of aromatic hydroxyl groups is 1. The third kappa shape index (κ3) is 4.42. The number of rotatable bonds is 6. The van der Waals surface area contributed by atoms with Crippen LogP contribution in [-0.2, 0) is 9.59 Å². The van der Waals surface area contributed by atoms with E-state index in [-0.39, 0.29) is 17.1 Å². The van der Waals surface area contributed by atoms with E-state index in [9.17, 15) is 19.8 Å². The predicted molar refractivity (Wildman–Crippen MR) is 119 cm³/mol. The first kappa shape index (κ1) is 22.1. The molecule has 3 rings (SSSR count). The molecule has 0 aromatic heterocycles. The van der Waals surface area contributed by atoms with Gasteiger partial charge in [-0.3, -0.25) is 9.59 Å². The summed E-state index contributed by atoms with van der Waals surface area (Å²) in [5, 5.41) is 21.0. The zero-order chi connectivity index (χ0) is 22.0. The largest absolute Gasteiger partial charge is 0.508 e. The summed E-state index contributed by atoms with van der Waals surface area (Å²) >= 11 is 3.43. The Bertz CT molecular complexity index is 1020. The molecule has 0 radical (unpaired) electrons. The first-order valence-electron chi connectivity index (χ1n) is 9.69. The van der Waals surface area contributed by atoms with Crippen molar-refractivity contribution < 1.29 is 19.8 Å². The minimum atomic E-state index is -0.761. The molecule has 0 aliphatic carbocycles. The van der Waals surface area contributed by atoms with Gasteiger partial charge < -0.3 is 20.0 Å². The van der Waals surface area contributed by atoms with Crippen LogP contribution in [0.4, 0.5) is 0 Å². The molecule has 1 aliphatic heterocycles. The van der Waals surface area contributed by atoms with Gasteiger partial charge in [0.15, 0.2) is 0 Å². The van der Waals surface area contributed by atoms with Crippen molar-refractivity contribution in [2.24, 2.45) is 0 Å². The van der Waals surface area contributed by atoms with Crippen molar-refractivity contribution in [2.45, 2.75) is 19.4 Å². The van der Waals surface area contributed by atoms with Crippen LogP contribution in [-0.4, -0.2) is 58.9 Å². The Balaban J connectivity index is 2.12. The number of aliphatic hydroxyl groups excluding tert-OH is 1. The maximum Gasteiger partial charge on any atom is 0.295 e. The van der Waals surface area contributed by atoms with Gasteiger partial charge in [-0.05, 0) is 69.4 Å². The van der Waals surface area contributed by atoms with E-state index in [1.807, 2.05) is 25.9 Å². The Kier molecular flexibility index (Phi) is 6.63. The monoisotopic (exact) mass is 472 g/mol. The number of hydrogen-bond acceptors (Lipinski definition) is 5. The van der Waals surface area contributed by atoms with Gasteiger partial charge in [-0.25, -0.2) is 0 Å². The molecule has 1 saturated heterocycles. The molecule has 1 atom stereocenters. The maximum atomic E-state index is 13.0. The van der Waals surface area contributed by atoms with E-state index in [0.29, 0.717) is 24.1 Å². The zero-order valence-electron chi connectivity index (χ0n) is 17.2. The van der Waals surface area contributed by atoms with Gasteiger partial charge in [-0.1, -0.05) is 34.1 Å². The van der Waals surface area contributed by atoms with Crippen LogP contribution in [0.1, 0.15) is 29.2 Å². The number of halogens is 1. The summed E-state index contributed by atoms with van der Waals surface area (Å²) in [5.74, 6) is -1.54. The Morgan fingerprint density at radius 2 is 1.90 bits per heavy atom. The molecule has 1 aliphatic rings. The summed E-state index contributed by atoms with van der Waals surface area (Å²) in [4.78, 5) is 29.3. The molecule has 2 N–H and O–H groups in total. The Hall–Kier alpha value is -2.64. The van der Waals surface area contributed by atoms with Crippen molar-refractivity contribution in [2.75, 3.05) is 27.2 Å². The number of ketones is 1. The van der Waals surface area contributed by atoms with Gasteiger partial charge in [0.25, 0.3) is 11.7 Å². The molecule has 30 heavy (non-hydrogen) atoms. The standard InChI is InChI=1S/C23H25BrN2O4/c1-14-12-16(8-9-18(14)24)21(28)19-20(15-6-4-7-17(27)13-15)26(23(30)22(19)29)11-5-10-25(2)3/h4,6-9,12-13,20,27-28H,5,10-11H2,1-3H3/b21-19-. The number of nitrogens with zero attached hydrogens (tertiary/aromatic N) is 2. The van der Waals surface area contributed by atoms with Crippen LogP contribution in [0.25, 0.3) is 5.76 Å². The highest BCUT2D eigenvalue weighted by Gasteiger charge is 2.45. The van der Waals surface area contributed by atoms with Gasteiger partial charge in [0, 0.05) is 16.6 Å². The van der Waals surface area contributed by atoms with E-state index in [0.717, 1.165) is 16.6 Å². The number of carbonyl (C=O) groups excluding carboxylic acids is 2. The minimum absolute atomic E-state index is 0.0332. The highest BCUT2D eigenvalue weighted by Crippen LogP contribution is 2.40. The van der Waals surface area contributed by atoms with Crippen LogP contribution in [0.5, 0.6) is 5.75 Å². The first-order valence-corrected chi connectivity index (χ1v) is 10.5. The molecule has 7 heteroatoms. The van der Waals surface area contributed by atoms with Crippen molar-refractivity contribution in [3.05, 3.63) is 69.2 Å². The molecule has 1 amide bonds. The van der Waals surface area contributed by atoms with Gasteiger partial charge in [0.2, 0.25) is 0 Å².